The summed E-state index contributed by atoms with van der Waals surface area (Å²) in [5.74, 6) is -0.649. The van der Waals surface area contributed by atoms with Crippen LogP contribution >= 0.6 is 0 Å². The molecule has 2 aromatic rings. The van der Waals surface area contributed by atoms with Gasteiger partial charge in [0.1, 0.15) is 0 Å². The number of pyridine rings is 1. The molecule has 3 rings (SSSR count). The number of hydrogen-bond donors (Lipinski definition) is 1. The van der Waals surface area contributed by atoms with Gasteiger partial charge in [-0.25, -0.2) is 0 Å². The van der Waals surface area contributed by atoms with Crippen LogP contribution in [0.4, 0.5) is 0 Å². The maximum Gasteiger partial charge on any atom is 0.247 e. The zero-order valence-electron chi connectivity index (χ0n) is 13.5. The lowest BCUT2D eigenvalue weighted by Crippen LogP contribution is -2.43. The van der Waals surface area contributed by atoms with Gasteiger partial charge in [-0.2, -0.15) is 0 Å². The van der Waals surface area contributed by atoms with E-state index in [0.717, 1.165) is 42.1 Å². The predicted octanol–water partition coefficient (Wildman–Crippen LogP) is 2.50. The quantitative estimate of drug-likeness (QED) is 0.859. The summed E-state index contributed by atoms with van der Waals surface area (Å²) in [6, 6.07) is 9.83. The lowest BCUT2D eigenvalue weighted by atomic mass is 10.1. The van der Waals surface area contributed by atoms with Gasteiger partial charge < -0.3 is 10.6 Å². The summed E-state index contributed by atoms with van der Waals surface area (Å²) in [6.45, 7) is -0.0262. The van der Waals surface area contributed by atoms with Crippen LogP contribution in [0.2, 0.25) is 0 Å². The third-order valence-corrected chi connectivity index (χ3v) is 4.44. The Morgan fingerprint density at radius 1 is 1.21 bits per heavy atom. The summed E-state index contributed by atoms with van der Waals surface area (Å²) in [6.07, 6.45) is 9.06. The molecule has 1 aliphatic carbocycles. The topological polar surface area (TPSA) is 76.3 Å². The second kappa shape index (κ2) is 7.25. The number of para-hydroxylation sites is 1. The Hall–Kier alpha value is -2.69. The van der Waals surface area contributed by atoms with E-state index in [0.29, 0.717) is 0 Å². The molecule has 5 heteroatoms. The highest BCUT2D eigenvalue weighted by molar-refractivity contribution is 5.97. The fraction of sp³-hybridized carbons (Fsp3) is 0.316. The standard InChI is InChI=1S/C19H21N3O2/c20-17(23)13-22(16-8-1-2-9-16)18(24)11-10-15-6-3-5-14-7-4-12-21-19(14)15/h3-7,10-12,16H,1-2,8-9,13H2,(H2,20,23). The summed E-state index contributed by atoms with van der Waals surface area (Å²) >= 11 is 0. The molecular weight excluding hydrogens is 302 g/mol. The molecule has 124 valence electrons. The molecule has 0 bridgehead atoms. The fourth-order valence-corrected chi connectivity index (χ4v) is 3.29. The zero-order chi connectivity index (χ0) is 16.9. The van der Waals surface area contributed by atoms with Crippen molar-refractivity contribution >= 4 is 28.8 Å². The SMILES string of the molecule is NC(=O)CN(C(=O)C=Cc1cccc2cccnc12)C1CCCC1. The Morgan fingerprint density at radius 2 is 1.96 bits per heavy atom. The molecule has 0 atom stereocenters. The van der Waals surface area contributed by atoms with Crippen molar-refractivity contribution in [3.63, 3.8) is 0 Å². The first-order chi connectivity index (χ1) is 11.6. The van der Waals surface area contributed by atoms with Gasteiger partial charge in [-0.05, 0) is 25.0 Å². The van der Waals surface area contributed by atoms with E-state index in [-0.39, 0.29) is 18.5 Å². The van der Waals surface area contributed by atoms with Gasteiger partial charge in [0, 0.05) is 29.3 Å². The number of aromatic nitrogens is 1. The lowest BCUT2D eigenvalue weighted by molar-refractivity contribution is -0.133. The molecule has 0 aliphatic heterocycles. The number of amides is 2. The molecule has 0 unspecified atom stereocenters. The van der Waals surface area contributed by atoms with Gasteiger partial charge in [0.05, 0.1) is 12.1 Å². The van der Waals surface area contributed by atoms with Crippen molar-refractivity contribution in [2.75, 3.05) is 6.54 Å². The maximum absolute atomic E-state index is 12.6. The third-order valence-electron chi connectivity index (χ3n) is 4.44. The largest absolute Gasteiger partial charge is 0.368 e. The van der Waals surface area contributed by atoms with E-state index in [1.165, 1.54) is 6.08 Å². The summed E-state index contributed by atoms with van der Waals surface area (Å²) in [4.78, 5) is 29.9. The van der Waals surface area contributed by atoms with Crippen LogP contribution < -0.4 is 5.73 Å². The first-order valence-corrected chi connectivity index (χ1v) is 8.26. The first-order valence-electron chi connectivity index (χ1n) is 8.26. The van der Waals surface area contributed by atoms with Crippen LogP contribution in [-0.4, -0.2) is 34.3 Å². The van der Waals surface area contributed by atoms with Crippen molar-refractivity contribution in [2.24, 2.45) is 5.73 Å². The van der Waals surface area contributed by atoms with Crippen LogP contribution in [0.1, 0.15) is 31.2 Å². The monoisotopic (exact) mass is 323 g/mol. The van der Waals surface area contributed by atoms with Gasteiger partial charge in [-0.15, -0.1) is 0 Å². The van der Waals surface area contributed by atoms with Crippen LogP contribution in [0.15, 0.2) is 42.6 Å². The van der Waals surface area contributed by atoms with Gasteiger partial charge in [0.25, 0.3) is 0 Å². The summed E-state index contributed by atoms with van der Waals surface area (Å²) in [5, 5.41) is 1.02. The number of hydrogen-bond acceptors (Lipinski definition) is 3. The molecule has 2 amide bonds. The number of nitrogens with zero attached hydrogens (tertiary/aromatic N) is 2. The molecule has 1 heterocycles. The van der Waals surface area contributed by atoms with Crippen molar-refractivity contribution in [1.29, 1.82) is 0 Å². The Bertz CT molecular complexity index is 774. The normalized spacial score (nSPS) is 15.2. The molecule has 24 heavy (non-hydrogen) atoms. The maximum atomic E-state index is 12.6. The van der Waals surface area contributed by atoms with Crippen LogP contribution in [0, 0.1) is 0 Å². The van der Waals surface area contributed by atoms with Crippen LogP contribution in [0.5, 0.6) is 0 Å². The van der Waals surface area contributed by atoms with Gasteiger partial charge >= 0.3 is 0 Å². The van der Waals surface area contributed by atoms with E-state index >= 15 is 0 Å². The highest BCUT2D eigenvalue weighted by Gasteiger charge is 2.26. The average molecular weight is 323 g/mol. The first kappa shape index (κ1) is 16.2. The Morgan fingerprint density at radius 3 is 2.71 bits per heavy atom. The molecule has 0 spiro atoms. The van der Waals surface area contributed by atoms with Gasteiger partial charge in [-0.1, -0.05) is 37.1 Å². The molecule has 0 radical (unpaired) electrons. The molecule has 2 N–H and O–H groups in total. The smallest absolute Gasteiger partial charge is 0.247 e. The lowest BCUT2D eigenvalue weighted by Gasteiger charge is -2.26. The van der Waals surface area contributed by atoms with Crippen molar-refractivity contribution < 1.29 is 9.59 Å². The minimum absolute atomic E-state index is 0.0262. The highest BCUT2D eigenvalue weighted by Crippen LogP contribution is 2.24. The Kier molecular flexibility index (Phi) is 4.89. The van der Waals surface area contributed by atoms with Gasteiger partial charge in [0.15, 0.2) is 0 Å². The number of benzene rings is 1. The number of rotatable bonds is 5. The summed E-state index contributed by atoms with van der Waals surface area (Å²) < 4.78 is 0. The van der Waals surface area contributed by atoms with Crippen LogP contribution in [0.3, 0.4) is 0 Å². The molecule has 1 aromatic carbocycles. The zero-order valence-corrected chi connectivity index (χ0v) is 13.5. The molecule has 0 saturated heterocycles. The van der Waals surface area contributed by atoms with Crippen LogP contribution in [-0.2, 0) is 9.59 Å². The minimum Gasteiger partial charge on any atom is -0.368 e. The number of nitrogens with two attached hydrogens (primary N) is 1. The van der Waals surface area contributed by atoms with Crippen LogP contribution in [0.25, 0.3) is 17.0 Å². The molecule has 1 aromatic heterocycles. The van der Waals surface area contributed by atoms with Crippen molar-refractivity contribution in [1.82, 2.24) is 9.88 Å². The van der Waals surface area contributed by atoms with Crippen molar-refractivity contribution in [3.05, 3.63) is 48.2 Å². The third kappa shape index (κ3) is 3.62. The van der Waals surface area contributed by atoms with Gasteiger partial charge in [0.2, 0.25) is 11.8 Å². The number of primary amides is 1. The number of carbonyl (C=O) groups excluding carboxylic acids is 2. The highest BCUT2D eigenvalue weighted by atomic mass is 16.2. The predicted molar refractivity (Wildman–Crippen MR) is 93.9 cm³/mol. The molecule has 5 nitrogen and oxygen atoms in total. The van der Waals surface area contributed by atoms with E-state index < -0.39 is 5.91 Å². The Balaban J connectivity index is 1.82. The van der Waals surface area contributed by atoms with E-state index in [1.807, 2.05) is 30.3 Å². The minimum atomic E-state index is -0.476. The summed E-state index contributed by atoms with van der Waals surface area (Å²) in [7, 11) is 0. The summed E-state index contributed by atoms with van der Waals surface area (Å²) in [5.41, 5.74) is 7.05. The van der Waals surface area contributed by atoms with E-state index in [2.05, 4.69) is 4.98 Å². The molecule has 1 saturated carbocycles. The molecular formula is C19H21N3O2. The molecule has 1 aliphatic rings. The average Bonchev–Trinajstić information content (AvgIpc) is 3.11. The van der Waals surface area contributed by atoms with Crippen molar-refractivity contribution in [2.45, 2.75) is 31.7 Å². The second-order valence-corrected chi connectivity index (χ2v) is 6.13. The number of carbonyl (C=O) groups is 2. The van der Waals surface area contributed by atoms with Crippen molar-refractivity contribution in [3.8, 4) is 0 Å². The second-order valence-electron chi connectivity index (χ2n) is 6.13. The van der Waals surface area contributed by atoms with E-state index in [4.69, 9.17) is 5.73 Å². The number of fused-ring (bicyclic) bond motifs is 1. The fourth-order valence-electron chi connectivity index (χ4n) is 3.29. The molecule has 1 fully saturated rings. The Labute approximate surface area is 141 Å². The van der Waals surface area contributed by atoms with Gasteiger partial charge in [-0.3, -0.25) is 14.6 Å². The van der Waals surface area contributed by atoms with E-state index in [9.17, 15) is 9.59 Å². The van der Waals surface area contributed by atoms with E-state index in [1.54, 1.807) is 17.2 Å².